The molecule has 0 nitrogen and oxygen atoms in total. The average Bonchev–Trinajstić information content (AvgIpc) is 2.88. The van der Waals surface area contributed by atoms with E-state index < -0.39 is 0 Å². The summed E-state index contributed by atoms with van der Waals surface area (Å²) in [5.41, 5.74) is 0. The van der Waals surface area contributed by atoms with Crippen molar-refractivity contribution in [2.75, 3.05) is 0 Å². The Bertz CT molecular complexity index is 426. The topological polar surface area (TPSA) is 0 Å². The van der Waals surface area contributed by atoms with E-state index in [-0.39, 0.29) is 0 Å². The standard InChI is InChI=1S/C37H76/c1-8-10-11-12-13-14-15-16-17-18-19-20-24-36(6)31-32-37(7)30-23-29-35(5)28-22-27-34(4)26-21-25-33(3)9-2/h33-37H,8-32H2,1-7H3. The zero-order chi connectivity index (χ0) is 27.6. The Morgan fingerprint density at radius 3 is 0.892 bits per heavy atom. The van der Waals surface area contributed by atoms with Gasteiger partial charge in [0.25, 0.3) is 0 Å². The van der Waals surface area contributed by atoms with E-state index in [0.717, 1.165) is 29.6 Å². The maximum atomic E-state index is 2.52. The van der Waals surface area contributed by atoms with Crippen LogP contribution in [0.2, 0.25) is 0 Å². The zero-order valence-corrected chi connectivity index (χ0v) is 27.6. The molecule has 0 radical (unpaired) electrons. The van der Waals surface area contributed by atoms with Crippen LogP contribution in [-0.4, -0.2) is 0 Å². The summed E-state index contributed by atoms with van der Waals surface area (Å²) in [6.07, 6.45) is 36.4. The lowest BCUT2D eigenvalue weighted by Crippen LogP contribution is -2.03. The molecule has 37 heavy (non-hydrogen) atoms. The molecule has 0 saturated carbocycles. The highest BCUT2D eigenvalue weighted by Crippen LogP contribution is 2.25. The van der Waals surface area contributed by atoms with Crippen LogP contribution in [0.4, 0.5) is 0 Å². The van der Waals surface area contributed by atoms with Gasteiger partial charge in [0.05, 0.1) is 0 Å². The van der Waals surface area contributed by atoms with E-state index in [1.807, 2.05) is 0 Å². The van der Waals surface area contributed by atoms with E-state index in [1.54, 1.807) is 0 Å². The molecule has 0 heteroatoms. The van der Waals surface area contributed by atoms with Crippen molar-refractivity contribution in [3.05, 3.63) is 0 Å². The molecule has 0 saturated heterocycles. The highest BCUT2D eigenvalue weighted by molar-refractivity contribution is 4.63. The Morgan fingerprint density at radius 1 is 0.270 bits per heavy atom. The molecule has 0 bridgehead atoms. The molecule has 0 aromatic rings. The van der Waals surface area contributed by atoms with Crippen molar-refractivity contribution in [3.63, 3.8) is 0 Å². The van der Waals surface area contributed by atoms with Crippen LogP contribution in [0, 0.1) is 29.6 Å². The molecule has 0 aliphatic rings. The van der Waals surface area contributed by atoms with E-state index >= 15 is 0 Å². The first kappa shape index (κ1) is 37.0. The molecule has 224 valence electrons. The molecule has 0 amide bonds. The van der Waals surface area contributed by atoms with Gasteiger partial charge in [-0.2, -0.15) is 0 Å². The number of unbranched alkanes of at least 4 members (excludes halogenated alkanes) is 11. The third-order valence-electron chi connectivity index (χ3n) is 9.58. The molecule has 5 atom stereocenters. The smallest absolute Gasteiger partial charge is 0.0443 e. The van der Waals surface area contributed by atoms with E-state index in [4.69, 9.17) is 0 Å². The van der Waals surface area contributed by atoms with Gasteiger partial charge in [0.15, 0.2) is 0 Å². The molecule has 0 aliphatic carbocycles. The molecule has 0 rings (SSSR count). The maximum absolute atomic E-state index is 2.52. The largest absolute Gasteiger partial charge is 0.0654 e. The molecule has 0 N–H and O–H groups in total. The second kappa shape index (κ2) is 27.6. The lowest BCUT2D eigenvalue weighted by molar-refractivity contribution is 0.354. The predicted molar refractivity (Wildman–Crippen MR) is 173 cm³/mol. The minimum Gasteiger partial charge on any atom is -0.0654 e. The third-order valence-corrected chi connectivity index (χ3v) is 9.58. The van der Waals surface area contributed by atoms with Crippen LogP contribution in [0.15, 0.2) is 0 Å². The molecule has 5 unspecified atom stereocenters. The first-order valence-corrected chi connectivity index (χ1v) is 17.9. The Morgan fingerprint density at radius 2 is 0.541 bits per heavy atom. The second-order valence-electron chi connectivity index (χ2n) is 14.0. The summed E-state index contributed by atoms with van der Waals surface area (Å²) in [6.45, 7) is 17.1. The van der Waals surface area contributed by atoms with Crippen LogP contribution in [0.5, 0.6) is 0 Å². The summed E-state index contributed by atoms with van der Waals surface area (Å²) in [5.74, 6) is 4.67. The molecular formula is C37H76. The van der Waals surface area contributed by atoms with E-state index in [1.165, 1.54) is 161 Å². The summed E-state index contributed by atoms with van der Waals surface area (Å²) < 4.78 is 0. The summed E-state index contributed by atoms with van der Waals surface area (Å²) >= 11 is 0. The maximum Gasteiger partial charge on any atom is -0.0443 e. The SMILES string of the molecule is CCCCCCCCCCCCCCC(C)CCC(C)CCCC(C)CCCC(C)CCCC(C)CC. The van der Waals surface area contributed by atoms with E-state index in [9.17, 15) is 0 Å². The van der Waals surface area contributed by atoms with Crippen molar-refractivity contribution >= 4 is 0 Å². The highest BCUT2D eigenvalue weighted by Gasteiger charge is 2.10. The van der Waals surface area contributed by atoms with Crippen LogP contribution in [0.1, 0.15) is 209 Å². The van der Waals surface area contributed by atoms with E-state index in [0.29, 0.717) is 0 Å². The lowest BCUT2D eigenvalue weighted by Gasteiger charge is -2.18. The van der Waals surface area contributed by atoms with Crippen LogP contribution < -0.4 is 0 Å². The molecule has 0 fully saturated rings. The van der Waals surface area contributed by atoms with Gasteiger partial charge in [-0.25, -0.2) is 0 Å². The molecule has 0 aromatic heterocycles. The zero-order valence-electron chi connectivity index (χ0n) is 27.6. The monoisotopic (exact) mass is 521 g/mol. The summed E-state index contributed by atoms with van der Waals surface area (Å²) in [6, 6.07) is 0. The van der Waals surface area contributed by atoms with Crippen LogP contribution in [0.3, 0.4) is 0 Å². The van der Waals surface area contributed by atoms with Crippen molar-refractivity contribution < 1.29 is 0 Å². The predicted octanol–water partition coefficient (Wildman–Crippen LogP) is 14.0. The summed E-state index contributed by atoms with van der Waals surface area (Å²) in [7, 11) is 0. The fourth-order valence-corrected chi connectivity index (χ4v) is 6.13. The highest BCUT2D eigenvalue weighted by atomic mass is 14.2. The van der Waals surface area contributed by atoms with Gasteiger partial charge in [0.1, 0.15) is 0 Å². The molecule has 0 heterocycles. The van der Waals surface area contributed by atoms with Crippen molar-refractivity contribution in [1.29, 1.82) is 0 Å². The van der Waals surface area contributed by atoms with Crippen LogP contribution >= 0.6 is 0 Å². The fraction of sp³-hybridized carbons (Fsp3) is 1.00. The van der Waals surface area contributed by atoms with Gasteiger partial charge >= 0.3 is 0 Å². The normalized spacial score (nSPS) is 16.0. The van der Waals surface area contributed by atoms with Gasteiger partial charge < -0.3 is 0 Å². The Kier molecular flexibility index (Phi) is 27.6. The Hall–Kier alpha value is 0. The molecule has 0 aromatic carbocycles. The van der Waals surface area contributed by atoms with Gasteiger partial charge in [-0.15, -0.1) is 0 Å². The lowest BCUT2D eigenvalue weighted by atomic mass is 9.89. The minimum absolute atomic E-state index is 0.928. The van der Waals surface area contributed by atoms with Gasteiger partial charge in [-0.3, -0.25) is 0 Å². The quantitative estimate of drug-likeness (QED) is 0.0860. The Labute approximate surface area is 238 Å². The average molecular weight is 521 g/mol. The van der Waals surface area contributed by atoms with Gasteiger partial charge in [-0.05, 0) is 29.6 Å². The first-order valence-electron chi connectivity index (χ1n) is 17.9. The molecular weight excluding hydrogens is 444 g/mol. The van der Waals surface area contributed by atoms with Gasteiger partial charge in [0, 0.05) is 0 Å². The molecule has 0 aliphatic heterocycles. The minimum atomic E-state index is 0.928. The second-order valence-corrected chi connectivity index (χ2v) is 14.0. The fourth-order valence-electron chi connectivity index (χ4n) is 6.13. The van der Waals surface area contributed by atoms with Crippen molar-refractivity contribution in [3.8, 4) is 0 Å². The van der Waals surface area contributed by atoms with Gasteiger partial charge in [-0.1, -0.05) is 209 Å². The van der Waals surface area contributed by atoms with E-state index in [2.05, 4.69) is 48.5 Å². The van der Waals surface area contributed by atoms with Crippen molar-refractivity contribution in [2.45, 2.75) is 209 Å². The first-order chi connectivity index (χ1) is 17.9. The molecule has 0 spiro atoms. The van der Waals surface area contributed by atoms with Crippen LogP contribution in [-0.2, 0) is 0 Å². The van der Waals surface area contributed by atoms with Crippen LogP contribution in [0.25, 0.3) is 0 Å². The van der Waals surface area contributed by atoms with Crippen molar-refractivity contribution in [1.82, 2.24) is 0 Å². The Balaban J connectivity index is 3.50. The number of hydrogen-bond donors (Lipinski definition) is 0. The van der Waals surface area contributed by atoms with Crippen molar-refractivity contribution in [2.24, 2.45) is 29.6 Å². The summed E-state index contributed by atoms with van der Waals surface area (Å²) in [4.78, 5) is 0. The number of rotatable bonds is 29. The summed E-state index contributed by atoms with van der Waals surface area (Å²) in [5, 5.41) is 0. The number of hydrogen-bond acceptors (Lipinski definition) is 0. The third kappa shape index (κ3) is 27.4. The van der Waals surface area contributed by atoms with Gasteiger partial charge in [0.2, 0.25) is 0 Å².